The number of halogens is 1. The number of piperazine rings is 1. The van der Waals surface area contributed by atoms with Crippen LogP contribution in [0, 0.1) is 12.7 Å². The van der Waals surface area contributed by atoms with Gasteiger partial charge in [-0.15, -0.1) is 0 Å². The minimum absolute atomic E-state index is 0.0110. The van der Waals surface area contributed by atoms with Crippen LogP contribution >= 0.6 is 0 Å². The maximum absolute atomic E-state index is 14.8. The average molecular weight is 576 g/mol. The first-order chi connectivity index (χ1) is 19.4. The van der Waals surface area contributed by atoms with E-state index in [1.165, 1.54) is 6.07 Å². The molecule has 0 bridgehead atoms. The van der Waals surface area contributed by atoms with Crippen molar-refractivity contribution in [1.82, 2.24) is 20.0 Å². The van der Waals surface area contributed by atoms with Crippen LogP contribution in [-0.2, 0) is 19.1 Å². The minimum atomic E-state index is -1.11. The first-order valence-corrected chi connectivity index (χ1v) is 14.3. The zero-order valence-corrected chi connectivity index (χ0v) is 24.5. The van der Waals surface area contributed by atoms with Crippen molar-refractivity contribution in [2.24, 2.45) is 0 Å². The summed E-state index contributed by atoms with van der Waals surface area (Å²) < 4.78 is 20.3. The summed E-state index contributed by atoms with van der Waals surface area (Å²) in [6, 6.07) is 1.48. The number of benzene rings is 1. The Kier molecular flexibility index (Phi) is 11.2. The Morgan fingerprint density at radius 1 is 1.12 bits per heavy atom. The Hall–Kier alpha value is -3.54. The number of hydrogen-bond acceptors (Lipinski definition) is 8. The SMILES string of the molecule is Cc1cc(NCCCCCCN2CCN(C(=O)OC(C)(C)C)CC2)c(F)cc1C(=O)N(C=O)C1CCC(=O)NC1=O. The monoisotopic (exact) mass is 575 g/mol. The number of hydrogen-bond donors (Lipinski definition) is 2. The van der Waals surface area contributed by atoms with Gasteiger partial charge < -0.3 is 15.0 Å². The lowest BCUT2D eigenvalue weighted by Crippen LogP contribution is -2.53. The molecule has 1 unspecified atom stereocenters. The van der Waals surface area contributed by atoms with Gasteiger partial charge in [0.2, 0.25) is 18.2 Å². The molecule has 0 saturated carbocycles. The summed E-state index contributed by atoms with van der Waals surface area (Å²) in [4.78, 5) is 65.2. The van der Waals surface area contributed by atoms with Crippen LogP contribution in [0.5, 0.6) is 0 Å². The van der Waals surface area contributed by atoms with Gasteiger partial charge >= 0.3 is 6.09 Å². The van der Waals surface area contributed by atoms with Crippen LogP contribution in [-0.4, -0.2) is 95.8 Å². The van der Waals surface area contributed by atoms with Gasteiger partial charge in [0, 0.05) is 44.7 Å². The second-order valence-electron chi connectivity index (χ2n) is 11.6. The Morgan fingerprint density at radius 2 is 1.80 bits per heavy atom. The summed E-state index contributed by atoms with van der Waals surface area (Å²) in [5, 5.41) is 5.20. The predicted molar refractivity (Wildman–Crippen MR) is 151 cm³/mol. The van der Waals surface area contributed by atoms with Crippen LogP contribution in [0.4, 0.5) is 14.9 Å². The molecular formula is C29H42FN5O6. The molecule has 2 aliphatic heterocycles. The van der Waals surface area contributed by atoms with Gasteiger partial charge in [-0.3, -0.25) is 34.3 Å². The van der Waals surface area contributed by atoms with Crippen LogP contribution in [0.1, 0.15) is 75.2 Å². The molecule has 0 aromatic heterocycles. The number of imide groups is 2. The van der Waals surface area contributed by atoms with Gasteiger partial charge in [0.1, 0.15) is 17.5 Å². The van der Waals surface area contributed by atoms with Crippen molar-refractivity contribution < 1.29 is 33.1 Å². The van der Waals surface area contributed by atoms with Crippen LogP contribution in [0.15, 0.2) is 12.1 Å². The molecule has 12 heteroatoms. The van der Waals surface area contributed by atoms with E-state index in [1.807, 2.05) is 20.8 Å². The number of ether oxygens (including phenoxy) is 1. The van der Waals surface area contributed by atoms with Crippen molar-refractivity contribution in [3.8, 4) is 0 Å². The Morgan fingerprint density at radius 3 is 2.44 bits per heavy atom. The summed E-state index contributed by atoms with van der Waals surface area (Å²) in [6.07, 6.45) is 3.92. The van der Waals surface area contributed by atoms with Crippen molar-refractivity contribution >= 4 is 35.9 Å². The highest BCUT2D eigenvalue weighted by Gasteiger charge is 2.35. The predicted octanol–water partition coefficient (Wildman–Crippen LogP) is 3.06. The lowest BCUT2D eigenvalue weighted by Gasteiger charge is -2.35. The molecule has 1 atom stereocenters. The molecule has 0 radical (unpaired) electrons. The van der Waals surface area contributed by atoms with E-state index < -0.39 is 35.2 Å². The van der Waals surface area contributed by atoms with Crippen molar-refractivity contribution in [2.75, 3.05) is 44.6 Å². The highest BCUT2D eigenvalue weighted by Crippen LogP contribution is 2.23. The summed E-state index contributed by atoms with van der Waals surface area (Å²) in [6.45, 7) is 11.8. The summed E-state index contributed by atoms with van der Waals surface area (Å²) >= 11 is 0. The van der Waals surface area contributed by atoms with E-state index in [2.05, 4.69) is 15.5 Å². The van der Waals surface area contributed by atoms with Gasteiger partial charge in [-0.1, -0.05) is 12.8 Å². The van der Waals surface area contributed by atoms with Crippen molar-refractivity contribution in [1.29, 1.82) is 0 Å². The van der Waals surface area contributed by atoms with Crippen LogP contribution in [0.2, 0.25) is 0 Å². The first-order valence-electron chi connectivity index (χ1n) is 14.3. The van der Waals surface area contributed by atoms with Crippen molar-refractivity contribution in [3.63, 3.8) is 0 Å². The van der Waals surface area contributed by atoms with Crippen molar-refractivity contribution in [3.05, 3.63) is 29.1 Å². The quantitative estimate of drug-likeness (QED) is 0.234. The standard InChI is InChI=1S/C29H42FN5O6/c1-20-17-23(22(30)18-21(20)27(39)35(19-36)24-9-10-25(37)32-26(24)38)31-11-7-5-6-8-12-33-13-15-34(16-14-33)28(40)41-29(2,3)4/h17-19,24,31H,5-16H2,1-4H3,(H,32,37,38). The van der Waals surface area contributed by atoms with Crippen LogP contribution in [0.3, 0.4) is 0 Å². The third-order valence-corrected chi connectivity index (χ3v) is 7.18. The number of piperidine rings is 1. The van der Waals surface area contributed by atoms with E-state index in [-0.39, 0.29) is 36.6 Å². The molecule has 2 aliphatic rings. The van der Waals surface area contributed by atoms with Gasteiger partial charge in [0.05, 0.1) is 5.69 Å². The fourth-order valence-corrected chi connectivity index (χ4v) is 4.91. The van der Waals surface area contributed by atoms with Crippen LogP contribution in [0.25, 0.3) is 0 Å². The molecule has 1 aromatic carbocycles. The zero-order valence-electron chi connectivity index (χ0n) is 24.5. The number of amides is 5. The van der Waals surface area contributed by atoms with Crippen molar-refractivity contribution in [2.45, 2.75) is 77.9 Å². The molecule has 0 spiro atoms. The summed E-state index contributed by atoms with van der Waals surface area (Å²) in [5.74, 6) is -2.60. The van der Waals surface area contributed by atoms with E-state index in [1.54, 1.807) is 11.8 Å². The fraction of sp³-hybridized carbons (Fsp3) is 0.621. The lowest BCUT2D eigenvalue weighted by atomic mass is 10.0. The second-order valence-corrected chi connectivity index (χ2v) is 11.6. The van der Waals surface area contributed by atoms with E-state index in [4.69, 9.17) is 4.74 Å². The molecule has 226 valence electrons. The number of nitrogens with zero attached hydrogens (tertiary/aromatic N) is 3. The minimum Gasteiger partial charge on any atom is -0.444 e. The third-order valence-electron chi connectivity index (χ3n) is 7.18. The molecule has 2 saturated heterocycles. The largest absolute Gasteiger partial charge is 0.444 e. The molecule has 41 heavy (non-hydrogen) atoms. The lowest BCUT2D eigenvalue weighted by molar-refractivity contribution is -0.139. The van der Waals surface area contributed by atoms with Gasteiger partial charge in [-0.2, -0.15) is 0 Å². The number of anilines is 1. The molecule has 11 nitrogen and oxygen atoms in total. The number of aryl methyl sites for hydroxylation is 1. The van der Waals surface area contributed by atoms with E-state index in [9.17, 15) is 28.4 Å². The number of rotatable bonds is 11. The smallest absolute Gasteiger partial charge is 0.410 e. The maximum atomic E-state index is 14.8. The number of carbonyl (C=O) groups is 5. The number of unbranched alkanes of at least 4 members (excludes halogenated alkanes) is 3. The van der Waals surface area contributed by atoms with E-state index in [0.717, 1.165) is 56.3 Å². The Balaban J connectivity index is 1.37. The molecule has 0 aliphatic carbocycles. The van der Waals surface area contributed by atoms with Gasteiger partial charge in [-0.05, 0) is 71.2 Å². The highest BCUT2D eigenvalue weighted by molar-refractivity contribution is 6.07. The molecule has 3 rings (SSSR count). The van der Waals surface area contributed by atoms with E-state index in [0.29, 0.717) is 25.2 Å². The molecule has 2 heterocycles. The van der Waals surface area contributed by atoms with E-state index >= 15 is 0 Å². The van der Waals surface area contributed by atoms with Gasteiger partial charge in [0.25, 0.3) is 5.91 Å². The molecular weight excluding hydrogens is 533 g/mol. The molecule has 1 aromatic rings. The zero-order chi connectivity index (χ0) is 30.2. The summed E-state index contributed by atoms with van der Waals surface area (Å²) in [5.41, 5.74) is 0.219. The normalized spacial score (nSPS) is 18.1. The van der Waals surface area contributed by atoms with Gasteiger partial charge in [-0.25, -0.2) is 9.18 Å². The van der Waals surface area contributed by atoms with Crippen LogP contribution < -0.4 is 10.6 Å². The first kappa shape index (κ1) is 32.0. The number of carbonyl (C=O) groups excluding carboxylic acids is 5. The summed E-state index contributed by atoms with van der Waals surface area (Å²) in [7, 11) is 0. The molecule has 5 amide bonds. The van der Waals surface area contributed by atoms with Gasteiger partial charge in [0.15, 0.2) is 0 Å². The maximum Gasteiger partial charge on any atom is 0.410 e. The Bertz CT molecular complexity index is 1130. The number of nitrogens with one attached hydrogen (secondary N) is 2. The fourth-order valence-electron chi connectivity index (χ4n) is 4.91. The molecule has 2 fully saturated rings. The third kappa shape index (κ3) is 9.24. The Labute approximate surface area is 240 Å². The molecule has 2 N–H and O–H groups in total. The second kappa shape index (κ2) is 14.4. The topological polar surface area (TPSA) is 128 Å². The highest BCUT2D eigenvalue weighted by atomic mass is 19.1. The average Bonchev–Trinajstić information content (AvgIpc) is 2.90.